The Balaban J connectivity index is 1.46. The van der Waals surface area contributed by atoms with Crippen LogP contribution in [0, 0.1) is 0 Å². The monoisotopic (exact) mass is 532 g/mol. The summed E-state index contributed by atoms with van der Waals surface area (Å²) in [7, 11) is 0. The van der Waals surface area contributed by atoms with Crippen LogP contribution < -0.4 is 14.9 Å². The number of carbonyl (C=O) groups is 2. The van der Waals surface area contributed by atoms with Gasteiger partial charge in [-0.3, -0.25) is 14.3 Å². The lowest BCUT2D eigenvalue weighted by Crippen LogP contribution is -2.20. The van der Waals surface area contributed by atoms with Crippen molar-refractivity contribution in [2.75, 3.05) is 19.0 Å². The lowest BCUT2D eigenvalue weighted by molar-refractivity contribution is -0.139. The van der Waals surface area contributed by atoms with Gasteiger partial charge in [0, 0.05) is 29.2 Å². The van der Waals surface area contributed by atoms with Crippen molar-refractivity contribution >= 4 is 29.9 Å². The number of nitrogens with zero attached hydrogens (tertiary/aromatic N) is 5. The molecule has 0 atom stereocenters. The molecular formula is C26H24N6O5S. The number of benzene rings is 2. The van der Waals surface area contributed by atoms with E-state index in [0.29, 0.717) is 28.9 Å². The highest BCUT2D eigenvalue weighted by Gasteiger charge is 2.17. The Morgan fingerprint density at radius 3 is 2.63 bits per heavy atom. The number of hydrazone groups is 1. The van der Waals surface area contributed by atoms with Crippen LogP contribution in [-0.4, -0.2) is 61.9 Å². The molecule has 0 spiro atoms. The molecule has 194 valence electrons. The minimum absolute atomic E-state index is 0.0245. The molecule has 0 aliphatic rings. The van der Waals surface area contributed by atoms with E-state index in [1.54, 1.807) is 36.7 Å². The Labute approximate surface area is 222 Å². The van der Waals surface area contributed by atoms with Crippen LogP contribution >= 0.6 is 11.8 Å². The standard InChI is InChI=1S/C26H24N6O5S/c1-2-36-21-11-9-20(10-12-21)32-25(19-7-5-13-27-14-19)30-31-26(32)38-17-23(33)29-28-15-18-6-3-4-8-22(18)37-16-24(34)35/h3-15H,2,16-17H2,1H3,(H,29,33)(H,34,35)/b28-15-. The normalized spacial score (nSPS) is 10.9. The van der Waals surface area contributed by atoms with E-state index in [1.807, 2.05) is 47.9 Å². The van der Waals surface area contributed by atoms with Gasteiger partial charge in [-0.15, -0.1) is 10.2 Å². The van der Waals surface area contributed by atoms with E-state index in [2.05, 4.69) is 25.7 Å². The van der Waals surface area contributed by atoms with Gasteiger partial charge in [-0.05, 0) is 55.5 Å². The van der Waals surface area contributed by atoms with E-state index >= 15 is 0 Å². The van der Waals surface area contributed by atoms with Crippen molar-refractivity contribution in [3.8, 4) is 28.6 Å². The second-order valence-corrected chi connectivity index (χ2v) is 8.55. The summed E-state index contributed by atoms with van der Waals surface area (Å²) < 4.78 is 12.6. The zero-order chi connectivity index (χ0) is 26.7. The van der Waals surface area contributed by atoms with Gasteiger partial charge < -0.3 is 14.6 Å². The summed E-state index contributed by atoms with van der Waals surface area (Å²) in [5, 5.41) is 22.0. The number of carboxylic acids is 1. The van der Waals surface area contributed by atoms with Crippen molar-refractivity contribution in [1.29, 1.82) is 0 Å². The molecule has 2 aromatic heterocycles. The Kier molecular flexibility index (Phi) is 9.03. The van der Waals surface area contributed by atoms with Gasteiger partial charge >= 0.3 is 5.97 Å². The minimum atomic E-state index is -1.09. The summed E-state index contributed by atoms with van der Waals surface area (Å²) in [6, 6.07) is 18.0. The summed E-state index contributed by atoms with van der Waals surface area (Å²) in [6.45, 7) is 2.00. The molecule has 0 saturated carbocycles. The van der Waals surface area contributed by atoms with E-state index in [9.17, 15) is 9.59 Å². The third kappa shape index (κ3) is 6.95. The molecule has 12 heteroatoms. The second-order valence-electron chi connectivity index (χ2n) is 7.61. The van der Waals surface area contributed by atoms with Crippen molar-refractivity contribution in [1.82, 2.24) is 25.2 Å². The van der Waals surface area contributed by atoms with Crippen molar-refractivity contribution in [3.63, 3.8) is 0 Å². The van der Waals surface area contributed by atoms with Crippen LogP contribution in [0.3, 0.4) is 0 Å². The number of rotatable bonds is 12. The number of hydrogen-bond donors (Lipinski definition) is 2. The highest BCUT2D eigenvalue weighted by molar-refractivity contribution is 7.99. The van der Waals surface area contributed by atoms with Crippen LogP contribution in [-0.2, 0) is 9.59 Å². The molecule has 0 unspecified atom stereocenters. The fourth-order valence-electron chi connectivity index (χ4n) is 3.33. The number of carboxylic acid groups (broad SMARTS) is 1. The number of amides is 1. The van der Waals surface area contributed by atoms with Gasteiger partial charge in [-0.1, -0.05) is 23.9 Å². The zero-order valence-electron chi connectivity index (χ0n) is 20.4. The largest absolute Gasteiger partial charge is 0.494 e. The van der Waals surface area contributed by atoms with Gasteiger partial charge in [0.15, 0.2) is 17.6 Å². The van der Waals surface area contributed by atoms with Crippen LogP contribution in [0.25, 0.3) is 17.1 Å². The Bertz CT molecular complexity index is 1410. The van der Waals surface area contributed by atoms with Crippen molar-refractivity contribution in [2.24, 2.45) is 5.10 Å². The SMILES string of the molecule is CCOc1ccc(-n2c(SCC(=O)N/N=C\c3ccccc3OCC(=O)O)nnc2-c2cccnc2)cc1. The predicted molar refractivity (Wildman–Crippen MR) is 142 cm³/mol. The van der Waals surface area contributed by atoms with E-state index < -0.39 is 12.6 Å². The van der Waals surface area contributed by atoms with Crippen LogP contribution in [0.5, 0.6) is 11.5 Å². The van der Waals surface area contributed by atoms with E-state index in [-0.39, 0.29) is 11.7 Å². The maximum absolute atomic E-state index is 12.5. The Hall–Kier alpha value is -4.71. The summed E-state index contributed by atoms with van der Waals surface area (Å²) in [4.78, 5) is 27.5. The average molecular weight is 533 g/mol. The molecule has 2 heterocycles. The number of aromatic nitrogens is 4. The highest BCUT2D eigenvalue weighted by Crippen LogP contribution is 2.28. The lowest BCUT2D eigenvalue weighted by atomic mass is 10.2. The molecule has 0 bridgehead atoms. The Morgan fingerprint density at radius 1 is 1.08 bits per heavy atom. The number of hydrogen-bond acceptors (Lipinski definition) is 9. The molecule has 0 aliphatic carbocycles. The predicted octanol–water partition coefficient (Wildman–Crippen LogP) is 3.43. The Morgan fingerprint density at radius 2 is 1.89 bits per heavy atom. The summed E-state index contributed by atoms with van der Waals surface area (Å²) >= 11 is 1.20. The molecule has 0 fully saturated rings. The first-order valence-corrected chi connectivity index (χ1v) is 12.5. The zero-order valence-corrected chi connectivity index (χ0v) is 21.2. The van der Waals surface area contributed by atoms with E-state index in [4.69, 9.17) is 14.6 Å². The minimum Gasteiger partial charge on any atom is -0.494 e. The molecule has 11 nitrogen and oxygen atoms in total. The highest BCUT2D eigenvalue weighted by atomic mass is 32.2. The molecule has 0 radical (unpaired) electrons. The van der Waals surface area contributed by atoms with Gasteiger partial charge in [-0.2, -0.15) is 5.10 Å². The molecular weight excluding hydrogens is 508 g/mol. The average Bonchev–Trinajstić information content (AvgIpc) is 3.36. The topological polar surface area (TPSA) is 141 Å². The van der Waals surface area contributed by atoms with Crippen LogP contribution in [0.15, 0.2) is 83.3 Å². The molecule has 4 aromatic rings. The quantitative estimate of drug-likeness (QED) is 0.159. The van der Waals surface area contributed by atoms with Crippen molar-refractivity contribution < 1.29 is 24.2 Å². The molecule has 1 amide bonds. The fraction of sp³-hybridized carbons (Fsp3) is 0.154. The van der Waals surface area contributed by atoms with Gasteiger partial charge in [0.25, 0.3) is 5.91 Å². The number of thioether (sulfide) groups is 1. The van der Waals surface area contributed by atoms with E-state index in [0.717, 1.165) is 17.0 Å². The second kappa shape index (κ2) is 13.0. The first kappa shape index (κ1) is 26.4. The van der Waals surface area contributed by atoms with Crippen LogP contribution in [0.1, 0.15) is 12.5 Å². The smallest absolute Gasteiger partial charge is 0.341 e. The third-order valence-corrected chi connectivity index (χ3v) is 5.88. The molecule has 0 aliphatic heterocycles. The molecule has 0 saturated heterocycles. The summed E-state index contributed by atoms with van der Waals surface area (Å²) in [5.41, 5.74) is 4.57. The number of para-hydroxylation sites is 1. The van der Waals surface area contributed by atoms with Crippen LogP contribution in [0.4, 0.5) is 0 Å². The number of carbonyl (C=O) groups excluding carboxylic acids is 1. The van der Waals surface area contributed by atoms with Crippen LogP contribution in [0.2, 0.25) is 0 Å². The molecule has 38 heavy (non-hydrogen) atoms. The first-order valence-electron chi connectivity index (χ1n) is 11.5. The van der Waals surface area contributed by atoms with Gasteiger partial charge in [0.1, 0.15) is 11.5 Å². The first-order chi connectivity index (χ1) is 18.5. The van der Waals surface area contributed by atoms with Crippen molar-refractivity contribution in [3.05, 3.63) is 78.6 Å². The number of nitrogens with one attached hydrogen (secondary N) is 1. The van der Waals surface area contributed by atoms with E-state index in [1.165, 1.54) is 18.0 Å². The number of aliphatic carboxylic acids is 1. The van der Waals surface area contributed by atoms with Gasteiger partial charge in [0.2, 0.25) is 0 Å². The molecule has 4 rings (SSSR count). The number of pyridine rings is 1. The van der Waals surface area contributed by atoms with Crippen molar-refractivity contribution in [2.45, 2.75) is 12.1 Å². The third-order valence-electron chi connectivity index (χ3n) is 4.95. The summed E-state index contributed by atoms with van der Waals surface area (Å²) in [6.07, 6.45) is 4.77. The van der Waals surface area contributed by atoms with Gasteiger partial charge in [-0.25, -0.2) is 10.2 Å². The van der Waals surface area contributed by atoms with Gasteiger partial charge in [0.05, 0.1) is 18.6 Å². The maximum atomic E-state index is 12.5. The maximum Gasteiger partial charge on any atom is 0.341 e. The molecule has 2 N–H and O–H groups in total. The molecule has 2 aromatic carbocycles. The lowest BCUT2D eigenvalue weighted by Gasteiger charge is -2.11. The number of ether oxygens (including phenoxy) is 2. The fourth-order valence-corrected chi connectivity index (χ4v) is 4.07. The summed E-state index contributed by atoms with van der Waals surface area (Å²) in [5.74, 6) is 0.242.